The van der Waals surface area contributed by atoms with Gasteiger partial charge >= 0.3 is 0 Å². The molecule has 5 nitrogen and oxygen atoms in total. The number of amidine groups is 1. The van der Waals surface area contributed by atoms with Crippen LogP contribution in [0, 0.1) is 5.41 Å². The van der Waals surface area contributed by atoms with Gasteiger partial charge in [-0.2, -0.15) is 0 Å². The first-order chi connectivity index (χ1) is 6.82. The van der Waals surface area contributed by atoms with Gasteiger partial charge in [0.15, 0.2) is 5.84 Å². The summed E-state index contributed by atoms with van der Waals surface area (Å²) in [4.78, 5) is 0. The zero-order valence-electron chi connectivity index (χ0n) is 9.99. The van der Waals surface area contributed by atoms with Gasteiger partial charge in [-0.05, 0) is 18.8 Å². The van der Waals surface area contributed by atoms with Gasteiger partial charge in [0, 0.05) is 12.6 Å². The normalized spacial score (nSPS) is 17.5. The average molecular weight is 217 g/mol. The Hall–Kier alpha value is -0.810. The molecule has 2 unspecified atom stereocenters. The Labute approximate surface area is 91.4 Å². The van der Waals surface area contributed by atoms with Crippen LogP contribution < -0.4 is 11.1 Å². The molecule has 0 aliphatic carbocycles. The third-order valence-electron chi connectivity index (χ3n) is 2.47. The summed E-state index contributed by atoms with van der Waals surface area (Å²) in [5.41, 5.74) is 5.50. The molecule has 0 fully saturated rings. The molecule has 5 N–H and O–H groups in total. The molecule has 15 heavy (non-hydrogen) atoms. The molecule has 0 aromatic heterocycles. The van der Waals surface area contributed by atoms with Crippen LogP contribution >= 0.6 is 0 Å². The maximum atomic E-state index is 8.96. The van der Waals surface area contributed by atoms with Crippen molar-refractivity contribution in [2.24, 2.45) is 16.3 Å². The third-order valence-corrected chi connectivity index (χ3v) is 2.47. The van der Waals surface area contributed by atoms with Gasteiger partial charge in [0.1, 0.15) is 0 Å². The Morgan fingerprint density at radius 1 is 1.47 bits per heavy atom. The highest BCUT2D eigenvalue weighted by atomic mass is 16.4. The molecule has 0 saturated carbocycles. The minimum atomic E-state index is -0.203. The van der Waals surface area contributed by atoms with Gasteiger partial charge in [-0.25, -0.2) is 0 Å². The van der Waals surface area contributed by atoms with Crippen molar-refractivity contribution in [3.05, 3.63) is 0 Å². The molecule has 0 aliphatic heterocycles. The topological polar surface area (TPSA) is 90.9 Å². The van der Waals surface area contributed by atoms with Crippen molar-refractivity contribution in [1.82, 2.24) is 5.32 Å². The fraction of sp³-hybridized carbons (Fsp3) is 0.900. The summed E-state index contributed by atoms with van der Waals surface area (Å²) in [7, 11) is 0. The second-order valence-corrected chi connectivity index (χ2v) is 4.84. The van der Waals surface area contributed by atoms with Crippen molar-refractivity contribution in [3.8, 4) is 0 Å². The molecule has 2 atom stereocenters. The molecule has 90 valence electrons. The van der Waals surface area contributed by atoms with E-state index in [-0.39, 0.29) is 29.9 Å². The SMILES string of the molecule is CC(NC(CCO)C(C)(C)C)C(N)=NO. The van der Waals surface area contributed by atoms with Crippen LogP contribution in [0.15, 0.2) is 5.16 Å². The molecule has 0 bridgehead atoms. The number of aliphatic hydroxyl groups is 1. The minimum Gasteiger partial charge on any atom is -0.409 e. The van der Waals surface area contributed by atoms with Crippen LogP contribution in [0.3, 0.4) is 0 Å². The quantitative estimate of drug-likeness (QED) is 0.234. The fourth-order valence-corrected chi connectivity index (χ4v) is 1.37. The van der Waals surface area contributed by atoms with E-state index in [0.29, 0.717) is 6.42 Å². The standard InChI is InChI=1S/C10H23N3O2/c1-7(9(11)13-15)12-8(5-6-14)10(2,3)4/h7-8,12,14-15H,5-6H2,1-4H3,(H2,11,13). The van der Waals surface area contributed by atoms with E-state index >= 15 is 0 Å². The first-order valence-corrected chi connectivity index (χ1v) is 5.17. The smallest absolute Gasteiger partial charge is 0.156 e. The van der Waals surface area contributed by atoms with Crippen molar-refractivity contribution < 1.29 is 10.3 Å². The summed E-state index contributed by atoms with van der Waals surface area (Å²) in [6, 6.07) is -0.0800. The van der Waals surface area contributed by atoms with E-state index in [1.165, 1.54) is 0 Å². The lowest BCUT2D eigenvalue weighted by Crippen LogP contribution is -2.50. The Kier molecular flexibility index (Phi) is 5.60. The molecule has 0 aromatic carbocycles. The molecule has 0 aromatic rings. The van der Waals surface area contributed by atoms with Crippen molar-refractivity contribution >= 4 is 5.84 Å². The van der Waals surface area contributed by atoms with Crippen LogP contribution in [0.4, 0.5) is 0 Å². The van der Waals surface area contributed by atoms with E-state index in [0.717, 1.165) is 0 Å². The summed E-state index contributed by atoms with van der Waals surface area (Å²) in [5, 5.41) is 23.7. The monoisotopic (exact) mass is 217 g/mol. The first-order valence-electron chi connectivity index (χ1n) is 5.17. The number of aliphatic hydroxyl groups excluding tert-OH is 1. The number of hydrogen-bond acceptors (Lipinski definition) is 4. The number of nitrogens with zero attached hydrogens (tertiary/aromatic N) is 1. The van der Waals surface area contributed by atoms with Crippen LogP contribution in [-0.4, -0.2) is 34.8 Å². The van der Waals surface area contributed by atoms with Crippen molar-refractivity contribution in [2.45, 2.75) is 46.2 Å². The van der Waals surface area contributed by atoms with Gasteiger partial charge in [-0.3, -0.25) is 0 Å². The van der Waals surface area contributed by atoms with Gasteiger partial charge in [-0.15, -0.1) is 0 Å². The maximum absolute atomic E-state index is 8.96. The average Bonchev–Trinajstić information content (AvgIpc) is 2.14. The Bertz CT molecular complexity index is 211. The lowest BCUT2D eigenvalue weighted by Gasteiger charge is -2.33. The molecule has 0 radical (unpaired) electrons. The Balaban J connectivity index is 4.42. The van der Waals surface area contributed by atoms with Crippen molar-refractivity contribution in [3.63, 3.8) is 0 Å². The fourth-order valence-electron chi connectivity index (χ4n) is 1.37. The highest BCUT2D eigenvalue weighted by molar-refractivity contribution is 5.84. The Morgan fingerprint density at radius 2 is 2.00 bits per heavy atom. The number of rotatable bonds is 5. The van der Waals surface area contributed by atoms with Gasteiger partial charge in [-0.1, -0.05) is 25.9 Å². The lowest BCUT2D eigenvalue weighted by atomic mass is 9.84. The summed E-state index contributed by atoms with van der Waals surface area (Å²) in [5.74, 6) is 0.155. The van der Waals surface area contributed by atoms with E-state index in [1.54, 1.807) is 0 Å². The minimum absolute atomic E-state index is 0.0206. The molecule has 5 heteroatoms. The highest BCUT2D eigenvalue weighted by Gasteiger charge is 2.26. The molecule has 0 saturated heterocycles. The van der Waals surface area contributed by atoms with Crippen LogP contribution in [-0.2, 0) is 0 Å². The zero-order chi connectivity index (χ0) is 12.1. The van der Waals surface area contributed by atoms with E-state index in [1.807, 2.05) is 6.92 Å². The molecular formula is C10H23N3O2. The second-order valence-electron chi connectivity index (χ2n) is 4.84. The predicted molar refractivity (Wildman–Crippen MR) is 61.0 cm³/mol. The summed E-state index contributed by atoms with van der Waals surface area (Å²) in [6.45, 7) is 8.20. The molecule has 0 heterocycles. The number of hydrogen-bond donors (Lipinski definition) is 4. The van der Waals surface area contributed by atoms with Gasteiger partial charge < -0.3 is 21.4 Å². The van der Waals surface area contributed by atoms with Crippen molar-refractivity contribution in [1.29, 1.82) is 0 Å². The predicted octanol–water partition coefficient (Wildman–Crippen LogP) is 0.508. The van der Waals surface area contributed by atoms with Gasteiger partial charge in [0.25, 0.3) is 0 Å². The summed E-state index contributed by atoms with van der Waals surface area (Å²) in [6.07, 6.45) is 0.645. The van der Waals surface area contributed by atoms with Crippen LogP contribution in [0.2, 0.25) is 0 Å². The third kappa shape index (κ3) is 4.99. The zero-order valence-corrected chi connectivity index (χ0v) is 9.99. The summed E-state index contributed by atoms with van der Waals surface area (Å²) < 4.78 is 0. The highest BCUT2D eigenvalue weighted by Crippen LogP contribution is 2.21. The number of nitrogens with two attached hydrogens (primary N) is 1. The van der Waals surface area contributed by atoms with E-state index in [2.05, 4.69) is 31.2 Å². The first kappa shape index (κ1) is 14.2. The van der Waals surface area contributed by atoms with Crippen LogP contribution in [0.1, 0.15) is 34.1 Å². The van der Waals surface area contributed by atoms with E-state index < -0.39 is 0 Å². The van der Waals surface area contributed by atoms with Gasteiger partial charge in [0.05, 0.1) is 6.04 Å². The number of nitrogens with one attached hydrogen (secondary N) is 1. The lowest BCUT2D eigenvalue weighted by molar-refractivity contribution is 0.194. The maximum Gasteiger partial charge on any atom is 0.156 e. The number of oxime groups is 1. The Morgan fingerprint density at radius 3 is 2.33 bits per heavy atom. The van der Waals surface area contributed by atoms with Crippen LogP contribution in [0.25, 0.3) is 0 Å². The second kappa shape index (κ2) is 5.92. The largest absolute Gasteiger partial charge is 0.409 e. The van der Waals surface area contributed by atoms with Crippen LogP contribution in [0.5, 0.6) is 0 Å². The van der Waals surface area contributed by atoms with E-state index in [4.69, 9.17) is 16.0 Å². The van der Waals surface area contributed by atoms with Crippen molar-refractivity contribution in [2.75, 3.05) is 6.61 Å². The molecule has 0 aliphatic rings. The molecular weight excluding hydrogens is 194 g/mol. The molecule has 0 spiro atoms. The summed E-state index contributed by atoms with van der Waals surface area (Å²) >= 11 is 0. The molecule has 0 rings (SSSR count). The molecule has 0 amide bonds. The van der Waals surface area contributed by atoms with E-state index in [9.17, 15) is 0 Å². The van der Waals surface area contributed by atoms with Gasteiger partial charge in [0.2, 0.25) is 0 Å².